The van der Waals surface area contributed by atoms with Gasteiger partial charge in [0, 0.05) is 26.5 Å². The van der Waals surface area contributed by atoms with Crippen LogP contribution in [-0.4, -0.2) is 49.5 Å². The van der Waals surface area contributed by atoms with Crippen LogP contribution in [0.5, 0.6) is 0 Å². The highest BCUT2D eigenvalue weighted by molar-refractivity contribution is 5.94. The zero-order valence-electron chi connectivity index (χ0n) is 11.3. The maximum Gasteiger partial charge on any atom is 0.339 e. The van der Waals surface area contributed by atoms with Gasteiger partial charge in [0.05, 0.1) is 13.2 Å². The fourth-order valence-electron chi connectivity index (χ4n) is 1.59. The molecule has 6 heteroatoms. The van der Waals surface area contributed by atoms with Gasteiger partial charge in [0.1, 0.15) is 11.4 Å². The van der Waals surface area contributed by atoms with Crippen molar-refractivity contribution in [3.05, 3.63) is 23.4 Å². The van der Waals surface area contributed by atoms with Crippen molar-refractivity contribution in [2.75, 3.05) is 38.8 Å². The van der Waals surface area contributed by atoms with E-state index in [9.17, 15) is 4.79 Å². The van der Waals surface area contributed by atoms with Gasteiger partial charge in [0.25, 0.3) is 0 Å². The molecule has 0 aromatic carbocycles. The van der Waals surface area contributed by atoms with Crippen molar-refractivity contribution in [1.82, 2.24) is 4.98 Å². The highest BCUT2D eigenvalue weighted by Crippen LogP contribution is 2.16. The first kappa shape index (κ1) is 15.4. The van der Waals surface area contributed by atoms with Gasteiger partial charge in [-0.05, 0) is 25.0 Å². The molecule has 19 heavy (non-hydrogen) atoms. The second kappa shape index (κ2) is 8.44. The molecule has 0 atom stereocenters. The van der Waals surface area contributed by atoms with Crippen molar-refractivity contribution in [2.45, 2.75) is 13.3 Å². The molecular formula is C13H20N2O4. The molecule has 106 valence electrons. The van der Waals surface area contributed by atoms with Gasteiger partial charge in [-0.3, -0.25) is 0 Å². The molecule has 1 aromatic rings. The summed E-state index contributed by atoms with van der Waals surface area (Å²) in [5.74, 6) is -0.561. The van der Waals surface area contributed by atoms with E-state index in [0.717, 1.165) is 6.42 Å². The number of hydrogen-bond donors (Lipinski definition) is 2. The van der Waals surface area contributed by atoms with Gasteiger partial charge in [0.15, 0.2) is 0 Å². The van der Waals surface area contributed by atoms with Crippen LogP contribution in [0.4, 0.5) is 5.82 Å². The van der Waals surface area contributed by atoms with E-state index in [-0.39, 0.29) is 5.56 Å². The molecule has 1 heterocycles. The number of anilines is 1. The van der Waals surface area contributed by atoms with E-state index in [1.807, 2.05) is 0 Å². The minimum atomic E-state index is -0.968. The second-order valence-electron chi connectivity index (χ2n) is 4.04. The Balaban J connectivity index is 2.37. The normalized spacial score (nSPS) is 10.4. The summed E-state index contributed by atoms with van der Waals surface area (Å²) < 4.78 is 10.2. The fraction of sp³-hybridized carbons (Fsp3) is 0.538. The van der Waals surface area contributed by atoms with Crippen LogP contribution in [0.25, 0.3) is 0 Å². The van der Waals surface area contributed by atoms with E-state index in [1.54, 1.807) is 26.3 Å². The molecule has 0 saturated carbocycles. The summed E-state index contributed by atoms with van der Waals surface area (Å²) in [6, 6.07) is 1.68. The van der Waals surface area contributed by atoms with Crippen LogP contribution >= 0.6 is 0 Å². The van der Waals surface area contributed by atoms with Gasteiger partial charge in [-0.1, -0.05) is 0 Å². The monoisotopic (exact) mass is 268 g/mol. The third-order valence-corrected chi connectivity index (χ3v) is 2.56. The number of aromatic carboxylic acids is 1. The van der Waals surface area contributed by atoms with E-state index in [1.165, 1.54) is 0 Å². The number of nitrogens with one attached hydrogen (secondary N) is 1. The molecule has 0 aliphatic heterocycles. The number of carboxylic acids is 1. The third kappa shape index (κ3) is 5.23. The number of carbonyl (C=O) groups is 1. The number of hydrogen-bond acceptors (Lipinski definition) is 5. The van der Waals surface area contributed by atoms with Crippen molar-refractivity contribution in [3.8, 4) is 0 Å². The number of methoxy groups -OCH3 is 1. The van der Waals surface area contributed by atoms with Gasteiger partial charge < -0.3 is 19.9 Å². The van der Waals surface area contributed by atoms with Crippen molar-refractivity contribution >= 4 is 11.8 Å². The maximum atomic E-state index is 11.1. The van der Waals surface area contributed by atoms with Crippen LogP contribution in [0.2, 0.25) is 0 Å². The van der Waals surface area contributed by atoms with Crippen LogP contribution in [0.15, 0.2) is 12.3 Å². The quantitative estimate of drug-likeness (QED) is 0.661. The Morgan fingerprint density at radius 2 is 2.21 bits per heavy atom. The summed E-state index contributed by atoms with van der Waals surface area (Å²) in [6.45, 7) is 4.12. The zero-order chi connectivity index (χ0) is 14.1. The number of rotatable bonds is 9. The molecule has 0 spiro atoms. The molecule has 1 aromatic heterocycles. The smallest absolute Gasteiger partial charge is 0.339 e. The number of nitrogens with zero attached hydrogens (tertiary/aromatic N) is 1. The Morgan fingerprint density at radius 1 is 1.42 bits per heavy atom. The molecule has 0 saturated heterocycles. The Kier molecular flexibility index (Phi) is 6.84. The highest BCUT2D eigenvalue weighted by atomic mass is 16.5. The molecule has 0 fully saturated rings. The summed E-state index contributed by atoms with van der Waals surface area (Å²) >= 11 is 0. The SMILES string of the molecule is COCCOCCCNc1nccc(C)c1C(=O)O. The summed E-state index contributed by atoms with van der Waals surface area (Å²) in [6.07, 6.45) is 2.37. The lowest BCUT2D eigenvalue weighted by Crippen LogP contribution is -2.13. The molecule has 0 unspecified atom stereocenters. The number of aryl methyl sites for hydroxylation is 1. The second-order valence-corrected chi connectivity index (χ2v) is 4.04. The van der Waals surface area contributed by atoms with Crippen molar-refractivity contribution in [3.63, 3.8) is 0 Å². The molecule has 0 bridgehead atoms. The topological polar surface area (TPSA) is 80.7 Å². The molecule has 1 rings (SSSR count). The average Bonchev–Trinajstić information content (AvgIpc) is 2.37. The molecule has 0 radical (unpaired) electrons. The Bertz CT molecular complexity index is 410. The predicted molar refractivity (Wildman–Crippen MR) is 71.7 cm³/mol. The lowest BCUT2D eigenvalue weighted by Gasteiger charge is -2.10. The minimum Gasteiger partial charge on any atom is -0.478 e. The van der Waals surface area contributed by atoms with Gasteiger partial charge in [-0.15, -0.1) is 0 Å². The summed E-state index contributed by atoms with van der Waals surface area (Å²) in [5, 5.41) is 12.2. The van der Waals surface area contributed by atoms with Crippen LogP contribution in [0.3, 0.4) is 0 Å². The van der Waals surface area contributed by atoms with Crippen molar-refractivity contribution in [1.29, 1.82) is 0 Å². The number of carboxylic acid groups (broad SMARTS) is 1. The summed E-state index contributed by atoms with van der Waals surface area (Å²) in [7, 11) is 1.63. The van der Waals surface area contributed by atoms with Crippen molar-refractivity contribution < 1.29 is 19.4 Å². The highest BCUT2D eigenvalue weighted by Gasteiger charge is 2.13. The van der Waals surface area contributed by atoms with Gasteiger partial charge in [0.2, 0.25) is 0 Å². The van der Waals surface area contributed by atoms with Crippen molar-refractivity contribution in [2.24, 2.45) is 0 Å². The van der Waals surface area contributed by atoms with Crippen LogP contribution in [0, 0.1) is 6.92 Å². The zero-order valence-corrected chi connectivity index (χ0v) is 11.3. The van der Waals surface area contributed by atoms with E-state index >= 15 is 0 Å². The number of aromatic nitrogens is 1. The largest absolute Gasteiger partial charge is 0.478 e. The van der Waals surface area contributed by atoms with Gasteiger partial charge in [-0.2, -0.15) is 0 Å². The van der Waals surface area contributed by atoms with Crippen LogP contribution < -0.4 is 5.32 Å². The first-order chi connectivity index (χ1) is 9.16. The summed E-state index contributed by atoms with van der Waals surface area (Å²) in [5.41, 5.74) is 0.921. The third-order valence-electron chi connectivity index (χ3n) is 2.56. The summed E-state index contributed by atoms with van der Waals surface area (Å²) in [4.78, 5) is 15.2. The first-order valence-electron chi connectivity index (χ1n) is 6.16. The van der Waals surface area contributed by atoms with Gasteiger partial charge in [-0.25, -0.2) is 9.78 Å². The van der Waals surface area contributed by atoms with Crippen LogP contribution in [-0.2, 0) is 9.47 Å². The standard InChI is InChI=1S/C13H20N2O4/c1-10-4-6-15-12(11(10)13(16)17)14-5-3-7-19-9-8-18-2/h4,6H,3,5,7-9H2,1-2H3,(H,14,15)(H,16,17). The maximum absolute atomic E-state index is 11.1. The first-order valence-corrected chi connectivity index (χ1v) is 6.16. The average molecular weight is 268 g/mol. The van der Waals surface area contributed by atoms with E-state index in [0.29, 0.717) is 37.7 Å². The molecule has 0 aliphatic carbocycles. The Labute approximate surface area is 112 Å². The van der Waals surface area contributed by atoms with Crippen LogP contribution in [0.1, 0.15) is 22.3 Å². The van der Waals surface area contributed by atoms with E-state index < -0.39 is 5.97 Å². The molecule has 0 amide bonds. The van der Waals surface area contributed by atoms with E-state index in [2.05, 4.69) is 10.3 Å². The molecular weight excluding hydrogens is 248 g/mol. The Morgan fingerprint density at radius 3 is 2.89 bits per heavy atom. The van der Waals surface area contributed by atoms with E-state index in [4.69, 9.17) is 14.6 Å². The van der Waals surface area contributed by atoms with Gasteiger partial charge >= 0.3 is 5.97 Å². The molecule has 2 N–H and O–H groups in total. The predicted octanol–water partition coefficient (Wildman–Crippen LogP) is 1.55. The lowest BCUT2D eigenvalue weighted by molar-refractivity contribution is 0.0696. The number of pyridine rings is 1. The Hall–Kier alpha value is -1.66. The molecule has 0 aliphatic rings. The fourth-order valence-corrected chi connectivity index (χ4v) is 1.59. The number of ether oxygens (including phenoxy) is 2. The minimum absolute atomic E-state index is 0.225. The lowest BCUT2D eigenvalue weighted by atomic mass is 10.1. The molecule has 6 nitrogen and oxygen atoms in total.